The van der Waals surface area contributed by atoms with Crippen LogP contribution in [0.5, 0.6) is 17.2 Å². The van der Waals surface area contributed by atoms with Gasteiger partial charge in [-0.15, -0.1) is 0 Å². The molecule has 1 N–H and O–H groups in total. The molecule has 7 unspecified atom stereocenters. The van der Waals surface area contributed by atoms with Crippen molar-refractivity contribution in [2.75, 3.05) is 41.2 Å². The summed E-state index contributed by atoms with van der Waals surface area (Å²) in [7, 11) is 4.64. The van der Waals surface area contributed by atoms with Crippen molar-refractivity contribution in [3.8, 4) is 17.2 Å². The molecule has 0 radical (unpaired) electrons. The molecule has 17 nitrogen and oxygen atoms in total. The number of rotatable bonds is 14. The Morgan fingerprint density at radius 3 is 1.57 bits per heavy atom. The molecule has 68 heavy (non-hydrogen) atoms. The van der Waals surface area contributed by atoms with E-state index in [9.17, 15) is 29.1 Å². The van der Waals surface area contributed by atoms with Crippen molar-refractivity contribution < 1.29 is 124 Å². The van der Waals surface area contributed by atoms with Crippen LogP contribution in [-0.4, -0.2) is 114 Å². The molecule has 371 valence electrons. The van der Waals surface area contributed by atoms with Crippen LogP contribution in [0.15, 0.2) is 50.2 Å². The topological polar surface area (TPSA) is 234 Å². The maximum absolute atomic E-state index is 12.3. The number of ketones is 1. The molecule has 3 aliphatic rings. The first kappa shape index (κ1) is 73.3. The van der Waals surface area contributed by atoms with Crippen molar-refractivity contribution in [1.82, 2.24) is 15.0 Å². The maximum atomic E-state index is 12.3. The van der Waals surface area contributed by atoms with Gasteiger partial charge in [0.2, 0.25) is 0 Å². The van der Waals surface area contributed by atoms with E-state index in [0.29, 0.717) is 56.3 Å². The summed E-state index contributed by atoms with van der Waals surface area (Å²) < 4.78 is 50.1. The predicted octanol–water partition coefficient (Wildman–Crippen LogP) is -1.22. The molecule has 6 rings (SSSR count). The third-order valence-electron chi connectivity index (χ3n) is 8.77. The molecule has 3 aromatic rings. The summed E-state index contributed by atoms with van der Waals surface area (Å²) in [6.45, 7) is 10.4. The molecule has 3 saturated carbocycles. The zero-order valence-electron chi connectivity index (χ0n) is 38.9. The Hall–Kier alpha value is -1.21. The van der Waals surface area contributed by atoms with Gasteiger partial charge >= 0.3 is 82.3 Å². The van der Waals surface area contributed by atoms with Crippen molar-refractivity contribution in [3.63, 3.8) is 0 Å². The number of ether oxygens (including phenoxy) is 6. The summed E-state index contributed by atoms with van der Waals surface area (Å²) in [5, 5.41) is 10.3. The summed E-state index contributed by atoms with van der Waals surface area (Å²) in [6.07, 6.45) is 8.73. The number of hydrogen-bond donors (Lipinski definition) is 1. The van der Waals surface area contributed by atoms with E-state index >= 15 is 0 Å². The zero-order valence-corrected chi connectivity index (χ0v) is 49.9. The van der Waals surface area contributed by atoms with Gasteiger partial charge in [-0.1, -0.05) is 0 Å². The van der Waals surface area contributed by atoms with Gasteiger partial charge in [0, 0.05) is 49.8 Å². The monoisotopic (exact) mass is 1340 g/mol. The fourth-order valence-electron chi connectivity index (χ4n) is 5.47. The standard InChI is InChI=1S/C13H16BrNO4.C13H14BrNO4.C7H10O3.C6H5BrINO.C3H7.2ClH.Li.Mg.Mn.2O/c2*1-3-19-13(17)9-5-8(9)12(16)11-10(18-2)4-7(14)6-15-11;1-2-10-7(9)6-3-5(6)4-8;1-10-5-2-4(7)3-9-6(5)8;1-3-2;;;;;;;/h4,6,8-9,12,16H,3,5H2,1-2H3;4,6,8-9H,3,5H2,1-2H3;4-6H,2-3H2,1H3;2-3H,1H3;3H,1-2H3;2*1H;;;;;/q;;;;-1;;;+1;+2;;;/p-2. The van der Waals surface area contributed by atoms with Crippen LogP contribution in [0, 0.1) is 45.6 Å². The van der Waals surface area contributed by atoms with Gasteiger partial charge in [-0.25, -0.2) is 9.97 Å². The van der Waals surface area contributed by atoms with Crippen LogP contribution in [0.1, 0.15) is 76.2 Å². The van der Waals surface area contributed by atoms with Crippen LogP contribution in [0.2, 0.25) is 0 Å². The molecule has 7 atom stereocenters. The Morgan fingerprint density at radius 1 is 0.735 bits per heavy atom. The molecular formula is C42H52Br3Cl2ILiMgMnN3O14. The number of methoxy groups -OCH3 is 3. The van der Waals surface area contributed by atoms with E-state index < -0.39 is 20.9 Å². The van der Waals surface area contributed by atoms with Gasteiger partial charge in [0.05, 0.1) is 58.9 Å². The quantitative estimate of drug-likeness (QED) is 0.0291. The zero-order chi connectivity index (χ0) is 48.5. The van der Waals surface area contributed by atoms with Crippen molar-refractivity contribution in [2.24, 2.45) is 35.5 Å². The second kappa shape index (κ2) is 40.3. The number of carbonyl (C=O) groups is 5. The molecule has 0 bridgehead atoms. The fourth-order valence-corrected chi connectivity index (χ4v) is 6.91. The Morgan fingerprint density at radius 2 is 1.15 bits per heavy atom. The van der Waals surface area contributed by atoms with E-state index in [1.807, 2.05) is 26.3 Å². The second-order valence-electron chi connectivity index (χ2n) is 13.4. The summed E-state index contributed by atoms with van der Waals surface area (Å²) in [5.74, 6) is -0.436. The van der Waals surface area contributed by atoms with Crippen molar-refractivity contribution in [1.29, 1.82) is 0 Å². The number of hydrogen-bond acceptors (Lipinski definition) is 17. The van der Waals surface area contributed by atoms with E-state index in [-0.39, 0.29) is 132 Å². The Labute approximate surface area is 482 Å². The minimum atomic E-state index is -1.44. The van der Waals surface area contributed by atoms with Gasteiger partial charge in [-0.3, -0.25) is 24.2 Å². The van der Waals surface area contributed by atoms with Crippen LogP contribution in [0.25, 0.3) is 0 Å². The van der Waals surface area contributed by atoms with E-state index in [0.717, 1.165) is 29.2 Å². The molecule has 0 saturated heterocycles. The van der Waals surface area contributed by atoms with Crippen LogP contribution in [0.4, 0.5) is 0 Å². The van der Waals surface area contributed by atoms with Crippen LogP contribution >= 0.6 is 70.4 Å². The van der Waals surface area contributed by atoms with Crippen LogP contribution < -0.4 is 57.9 Å². The Kier molecular flexibility index (Phi) is 43.5. The first-order valence-electron chi connectivity index (χ1n) is 19.6. The van der Waals surface area contributed by atoms with Crippen LogP contribution in [-0.2, 0) is 55.9 Å². The van der Waals surface area contributed by atoms with Gasteiger partial charge < -0.3 is 69.6 Å². The number of aldehydes is 1. The average Bonchev–Trinajstić information content (AvgIpc) is 4.15. The normalized spacial score (nSPS) is 18.3. The third-order valence-corrected chi connectivity index (χ3v) is 10.9. The molecule has 26 heteroatoms. The molecule has 3 fully saturated rings. The Balaban J connectivity index is -0.000000391. The SMILES string of the molecule is CCOC(=O)C1CC1C(=O)c1ncc(Br)cc1OC.CCOC(=O)C1CC1C(O)c1ncc(Br)cc1OC.CCOC(=O)C1CC1C=O.COc1cc(Br)cnc1I.C[CH-]C.[Cl-].[Cl-].[Li+].[Mg+2].[O]=[Mn]=[O]. The van der Waals surface area contributed by atoms with Gasteiger partial charge in [0.25, 0.3) is 0 Å². The number of nitrogens with zero attached hydrogens (tertiary/aromatic N) is 3. The number of aliphatic hydroxyl groups excluding tert-OH is 1. The minimum absolute atomic E-state index is 0. The number of aromatic nitrogens is 3. The van der Waals surface area contributed by atoms with Gasteiger partial charge in [-0.2, -0.15) is 13.8 Å². The van der Waals surface area contributed by atoms with Crippen molar-refractivity contribution >= 4 is 123 Å². The number of Topliss-reactive ketones (excluding diaryl/α,β-unsaturated/α-hetero) is 1. The molecule has 0 aliphatic heterocycles. The van der Waals surface area contributed by atoms with E-state index in [1.54, 1.807) is 52.4 Å². The fraction of sp³-hybridized carbons (Fsp3) is 0.500. The van der Waals surface area contributed by atoms with Crippen molar-refractivity contribution in [2.45, 2.75) is 60.0 Å². The average molecular weight is 1350 g/mol. The first-order chi connectivity index (χ1) is 30.5. The summed E-state index contributed by atoms with van der Waals surface area (Å²) in [5.41, 5.74) is 0.727. The number of pyridine rings is 3. The van der Waals surface area contributed by atoms with Crippen LogP contribution in [0.3, 0.4) is 0 Å². The second-order valence-corrected chi connectivity index (χ2v) is 17.4. The molecule has 3 aromatic heterocycles. The number of carbonyl (C=O) groups excluding carboxylic acids is 5. The molecule has 0 amide bonds. The molecule has 0 aromatic carbocycles. The molecule has 0 spiro atoms. The number of esters is 3. The summed E-state index contributed by atoms with van der Waals surface area (Å²) in [4.78, 5) is 68.5. The van der Waals surface area contributed by atoms with E-state index in [2.05, 4.69) is 85.3 Å². The molecule has 3 heterocycles. The van der Waals surface area contributed by atoms with Gasteiger partial charge in [0.15, 0.2) is 11.5 Å². The van der Waals surface area contributed by atoms with Crippen molar-refractivity contribution in [3.05, 3.63) is 71.7 Å². The Bertz CT molecular complexity index is 2060. The predicted molar refractivity (Wildman–Crippen MR) is 251 cm³/mol. The van der Waals surface area contributed by atoms with E-state index in [4.69, 9.17) is 36.1 Å². The number of aliphatic hydroxyl groups is 1. The molecular weight excluding hydrogens is 1290 g/mol. The van der Waals surface area contributed by atoms with Gasteiger partial charge in [-0.05, 0) is 129 Å². The summed E-state index contributed by atoms with van der Waals surface area (Å²) in [6, 6.07) is 5.31. The first-order valence-corrected chi connectivity index (χ1v) is 24.0. The third kappa shape index (κ3) is 26.0. The number of halogens is 6. The molecule has 3 aliphatic carbocycles. The van der Waals surface area contributed by atoms with Gasteiger partial charge in [0.1, 0.15) is 39.0 Å². The summed E-state index contributed by atoms with van der Waals surface area (Å²) >= 11 is 10.5. The van der Waals surface area contributed by atoms with E-state index in [1.165, 1.54) is 20.4 Å².